The molecule has 0 bridgehead atoms. The molecule has 3 aromatic rings. The van der Waals surface area contributed by atoms with Crippen LogP contribution in [0.15, 0.2) is 60.7 Å². The zero-order valence-electron chi connectivity index (χ0n) is 18.5. The first-order valence-electron chi connectivity index (χ1n) is 10.6. The molecule has 1 aliphatic rings. The lowest BCUT2D eigenvalue weighted by Gasteiger charge is -2.37. The van der Waals surface area contributed by atoms with Crippen molar-refractivity contribution in [3.05, 3.63) is 93.0 Å². The van der Waals surface area contributed by atoms with Gasteiger partial charge in [-0.15, -0.1) is 0 Å². The Morgan fingerprint density at radius 1 is 0.939 bits per heavy atom. The Hall–Kier alpha value is -2.73. The molecule has 172 valence electrons. The number of nitrogens with zero attached hydrogens (tertiary/aromatic N) is 1. The Kier molecular flexibility index (Phi) is 7.43. The van der Waals surface area contributed by atoms with Crippen LogP contribution >= 0.6 is 23.2 Å². The standard InChI is InChI=1S/C26H25Cl2NO4/c1-31-24-10-7-17(11-25(24)32-2)15-33-16-21-12-18-5-3-4-6-20(18)14-29(21)26(30)19-8-9-22(27)23(28)13-19/h3-11,13,21H,12,14-16H2,1-2H3. The van der Waals surface area contributed by atoms with Gasteiger partial charge < -0.3 is 19.1 Å². The zero-order valence-corrected chi connectivity index (χ0v) is 20.0. The second kappa shape index (κ2) is 10.5. The fraction of sp³-hybridized carbons (Fsp3) is 0.269. The smallest absolute Gasteiger partial charge is 0.254 e. The van der Waals surface area contributed by atoms with Gasteiger partial charge >= 0.3 is 0 Å². The number of ether oxygens (including phenoxy) is 3. The summed E-state index contributed by atoms with van der Waals surface area (Å²) in [7, 11) is 3.21. The molecule has 1 atom stereocenters. The topological polar surface area (TPSA) is 48.0 Å². The number of carbonyl (C=O) groups excluding carboxylic acids is 1. The van der Waals surface area contributed by atoms with Crippen molar-refractivity contribution in [2.75, 3.05) is 20.8 Å². The second-order valence-electron chi connectivity index (χ2n) is 7.89. The van der Waals surface area contributed by atoms with Crippen molar-refractivity contribution in [1.82, 2.24) is 4.90 Å². The highest BCUT2D eigenvalue weighted by Gasteiger charge is 2.30. The molecule has 0 aromatic heterocycles. The average Bonchev–Trinajstić information content (AvgIpc) is 2.84. The maximum atomic E-state index is 13.4. The summed E-state index contributed by atoms with van der Waals surface area (Å²) in [6.45, 7) is 1.31. The molecule has 0 N–H and O–H groups in total. The highest BCUT2D eigenvalue weighted by atomic mass is 35.5. The maximum absolute atomic E-state index is 13.4. The molecule has 0 saturated carbocycles. The van der Waals surface area contributed by atoms with Crippen LogP contribution in [0.2, 0.25) is 10.0 Å². The number of fused-ring (bicyclic) bond motifs is 1. The number of benzene rings is 3. The summed E-state index contributed by atoms with van der Waals surface area (Å²) in [6.07, 6.45) is 0.717. The van der Waals surface area contributed by atoms with E-state index in [-0.39, 0.29) is 11.9 Å². The molecular weight excluding hydrogens is 461 g/mol. The van der Waals surface area contributed by atoms with Gasteiger partial charge in [-0.3, -0.25) is 4.79 Å². The van der Waals surface area contributed by atoms with E-state index in [0.717, 1.165) is 17.5 Å². The van der Waals surface area contributed by atoms with E-state index in [0.29, 0.717) is 46.9 Å². The fourth-order valence-corrected chi connectivity index (χ4v) is 4.35. The Bertz CT molecular complexity index is 1150. The third-order valence-corrected chi connectivity index (χ3v) is 6.55. The predicted molar refractivity (Wildman–Crippen MR) is 129 cm³/mol. The number of hydrogen-bond acceptors (Lipinski definition) is 4. The summed E-state index contributed by atoms with van der Waals surface area (Å²) in [5.41, 5.74) is 3.84. The van der Waals surface area contributed by atoms with E-state index in [9.17, 15) is 4.79 Å². The van der Waals surface area contributed by atoms with Gasteiger partial charge in [0.25, 0.3) is 5.91 Å². The molecule has 1 aliphatic heterocycles. The van der Waals surface area contributed by atoms with E-state index in [1.807, 2.05) is 35.2 Å². The second-order valence-corrected chi connectivity index (χ2v) is 8.71. The number of hydrogen-bond donors (Lipinski definition) is 0. The summed E-state index contributed by atoms with van der Waals surface area (Å²) in [4.78, 5) is 15.3. The minimum atomic E-state index is -0.109. The van der Waals surface area contributed by atoms with Crippen molar-refractivity contribution in [2.45, 2.75) is 25.6 Å². The lowest BCUT2D eigenvalue weighted by molar-refractivity contribution is 0.0325. The van der Waals surface area contributed by atoms with Crippen LogP contribution in [0.25, 0.3) is 0 Å². The number of methoxy groups -OCH3 is 2. The van der Waals surface area contributed by atoms with Gasteiger partial charge in [-0.05, 0) is 53.4 Å². The van der Waals surface area contributed by atoms with Gasteiger partial charge in [-0.1, -0.05) is 53.5 Å². The minimum absolute atomic E-state index is 0.0946. The van der Waals surface area contributed by atoms with Crippen molar-refractivity contribution in [2.24, 2.45) is 0 Å². The molecule has 1 heterocycles. The Balaban J connectivity index is 1.51. The number of rotatable bonds is 7. The quantitative estimate of drug-likeness (QED) is 0.424. The third-order valence-electron chi connectivity index (χ3n) is 5.81. The van der Waals surface area contributed by atoms with E-state index < -0.39 is 0 Å². The molecule has 0 saturated heterocycles. The Morgan fingerprint density at radius 3 is 2.42 bits per heavy atom. The molecule has 33 heavy (non-hydrogen) atoms. The van der Waals surface area contributed by atoms with Crippen LogP contribution in [0, 0.1) is 0 Å². The summed E-state index contributed by atoms with van der Waals surface area (Å²) in [6, 6.07) is 18.7. The van der Waals surface area contributed by atoms with Crippen LogP contribution in [-0.4, -0.2) is 37.7 Å². The molecule has 0 radical (unpaired) electrons. The van der Waals surface area contributed by atoms with Gasteiger partial charge in [0.05, 0.1) is 43.5 Å². The van der Waals surface area contributed by atoms with Gasteiger partial charge in [0.2, 0.25) is 0 Å². The first kappa shape index (κ1) is 23.4. The summed E-state index contributed by atoms with van der Waals surface area (Å²) < 4.78 is 16.7. The van der Waals surface area contributed by atoms with Crippen LogP contribution in [-0.2, 0) is 24.3 Å². The number of amides is 1. The van der Waals surface area contributed by atoms with Crippen molar-refractivity contribution in [1.29, 1.82) is 0 Å². The predicted octanol–water partition coefficient (Wildman–Crippen LogP) is 5.79. The molecule has 7 heteroatoms. The van der Waals surface area contributed by atoms with Crippen LogP contribution in [0.3, 0.4) is 0 Å². The normalized spacial score (nSPS) is 15.2. The van der Waals surface area contributed by atoms with E-state index in [4.69, 9.17) is 37.4 Å². The molecule has 0 aliphatic carbocycles. The van der Waals surface area contributed by atoms with E-state index >= 15 is 0 Å². The Morgan fingerprint density at radius 2 is 1.70 bits per heavy atom. The first-order chi connectivity index (χ1) is 16.0. The molecule has 5 nitrogen and oxygen atoms in total. The summed E-state index contributed by atoms with van der Waals surface area (Å²) >= 11 is 12.2. The molecule has 1 amide bonds. The summed E-state index contributed by atoms with van der Waals surface area (Å²) in [5.74, 6) is 1.23. The van der Waals surface area contributed by atoms with Crippen LogP contribution in [0.5, 0.6) is 11.5 Å². The molecule has 1 unspecified atom stereocenters. The van der Waals surface area contributed by atoms with Crippen molar-refractivity contribution < 1.29 is 19.0 Å². The fourth-order valence-electron chi connectivity index (χ4n) is 4.05. The average molecular weight is 486 g/mol. The molecule has 0 fully saturated rings. The molecule has 4 rings (SSSR count). The number of halogens is 2. The lowest BCUT2D eigenvalue weighted by Crippen LogP contribution is -2.46. The van der Waals surface area contributed by atoms with Gasteiger partial charge in [0.15, 0.2) is 11.5 Å². The van der Waals surface area contributed by atoms with E-state index in [2.05, 4.69) is 12.1 Å². The zero-order chi connectivity index (χ0) is 23.4. The largest absolute Gasteiger partial charge is 0.493 e. The first-order valence-corrected chi connectivity index (χ1v) is 11.4. The maximum Gasteiger partial charge on any atom is 0.254 e. The molecular formula is C26H25Cl2NO4. The monoisotopic (exact) mass is 485 g/mol. The van der Waals surface area contributed by atoms with Crippen LogP contribution in [0.1, 0.15) is 27.0 Å². The van der Waals surface area contributed by atoms with Gasteiger partial charge in [-0.2, -0.15) is 0 Å². The van der Waals surface area contributed by atoms with Crippen LogP contribution < -0.4 is 9.47 Å². The Labute approximate surface area is 203 Å². The number of carbonyl (C=O) groups is 1. The SMILES string of the molecule is COc1ccc(COCC2Cc3ccccc3CN2C(=O)c2ccc(Cl)c(Cl)c2)cc1OC. The highest BCUT2D eigenvalue weighted by Crippen LogP contribution is 2.30. The van der Waals surface area contributed by atoms with E-state index in [1.165, 1.54) is 5.56 Å². The van der Waals surface area contributed by atoms with Crippen molar-refractivity contribution in [3.63, 3.8) is 0 Å². The third kappa shape index (κ3) is 5.27. The van der Waals surface area contributed by atoms with Gasteiger partial charge in [-0.25, -0.2) is 0 Å². The van der Waals surface area contributed by atoms with Gasteiger partial charge in [0, 0.05) is 12.1 Å². The van der Waals surface area contributed by atoms with Crippen LogP contribution in [0.4, 0.5) is 0 Å². The van der Waals surface area contributed by atoms with Crippen molar-refractivity contribution in [3.8, 4) is 11.5 Å². The lowest BCUT2D eigenvalue weighted by atomic mass is 9.93. The summed E-state index contributed by atoms with van der Waals surface area (Å²) in [5, 5.41) is 0.785. The van der Waals surface area contributed by atoms with Gasteiger partial charge in [0.1, 0.15) is 0 Å². The molecule has 0 spiro atoms. The van der Waals surface area contributed by atoms with E-state index in [1.54, 1.807) is 32.4 Å². The minimum Gasteiger partial charge on any atom is -0.493 e. The highest BCUT2D eigenvalue weighted by molar-refractivity contribution is 6.42. The van der Waals surface area contributed by atoms with Crippen molar-refractivity contribution >= 4 is 29.1 Å². The molecule has 3 aromatic carbocycles.